The molecule has 0 spiro atoms. The van der Waals surface area contributed by atoms with Gasteiger partial charge in [-0.15, -0.1) is 11.3 Å². The van der Waals surface area contributed by atoms with Crippen molar-refractivity contribution in [1.82, 2.24) is 19.9 Å². The third-order valence-electron chi connectivity index (χ3n) is 4.76. The zero-order chi connectivity index (χ0) is 21.3. The highest BCUT2D eigenvalue weighted by Crippen LogP contribution is 2.27. The van der Waals surface area contributed by atoms with Gasteiger partial charge in [0, 0.05) is 43.4 Å². The van der Waals surface area contributed by atoms with E-state index in [1.807, 2.05) is 0 Å². The fourth-order valence-corrected chi connectivity index (χ4v) is 3.94. The van der Waals surface area contributed by atoms with Crippen LogP contribution in [0.25, 0.3) is 16.2 Å². The molecule has 1 saturated heterocycles. The summed E-state index contributed by atoms with van der Waals surface area (Å²) in [5, 5.41) is 14.3. The number of esters is 1. The Morgan fingerprint density at radius 2 is 2.27 bits per heavy atom. The van der Waals surface area contributed by atoms with E-state index in [1.165, 1.54) is 22.1 Å². The Balaban J connectivity index is 1.81. The first-order valence-corrected chi connectivity index (χ1v) is 10.3. The summed E-state index contributed by atoms with van der Waals surface area (Å²) >= 11 is 1.29. The second-order valence-electron chi connectivity index (χ2n) is 6.72. The van der Waals surface area contributed by atoms with Gasteiger partial charge in [0.15, 0.2) is 22.4 Å². The first kappa shape index (κ1) is 20.4. The summed E-state index contributed by atoms with van der Waals surface area (Å²) in [6.45, 7) is 3.30. The molecule has 3 aromatic heterocycles. The standard InChI is InChI=1S/C19H20FN5O4S/c1-2-29-18(28)13-10-25(19-22-4-6-30-19)16-12(15(13)27)7-14(20)17(23-16)24-8-11(9-24)21-3-5-26/h4,6-7,10-11,21,26H,2-3,5,8-9H2,1H3. The fraction of sp³-hybridized carbons (Fsp3) is 0.368. The molecule has 0 unspecified atom stereocenters. The molecule has 0 saturated carbocycles. The van der Waals surface area contributed by atoms with E-state index in [4.69, 9.17) is 9.84 Å². The maximum atomic E-state index is 14.9. The molecule has 0 aliphatic carbocycles. The van der Waals surface area contributed by atoms with Gasteiger partial charge in [-0.3, -0.25) is 9.36 Å². The molecule has 4 rings (SSSR count). The molecule has 4 heterocycles. The summed E-state index contributed by atoms with van der Waals surface area (Å²) < 4.78 is 21.4. The van der Waals surface area contributed by atoms with Gasteiger partial charge in [-0.2, -0.15) is 0 Å². The van der Waals surface area contributed by atoms with Gasteiger partial charge in [0.1, 0.15) is 5.56 Å². The van der Waals surface area contributed by atoms with E-state index in [9.17, 15) is 14.0 Å². The van der Waals surface area contributed by atoms with Crippen molar-refractivity contribution in [3.63, 3.8) is 0 Å². The Labute approximate surface area is 174 Å². The molecule has 0 atom stereocenters. The quantitative estimate of drug-likeness (QED) is 0.530. The number of hydrogen-bond acceptors (Lipinski definition) is 9. The largest absolute Gasteiger partial charge is 0.462 e. The van der Waals surface area contributed by atoms with Gasteiger partial charge in [-0.1, -0.05) is 0 Å². The maximum absolute atomic E-state index is 14.9. The van der Waals surface area contributed by atoms with Gasteiger partial charge in [-0.25, -0.2) is 19.2 Å². The molecule has 0 amide bonds. The number of aliphatic hydroxyl groups is 1. The van der Waals surface area contributed by atoms with Crippen molar-refractivity contribution in [2.45, 2.75) is 13.0 Å². The predicted molar refractivity (Wildman–Crippen MR) is 110 cm³/mol. The number of nitrogens with zero attached hydrogens (tertiary/aromatic N) is 4. The first-order valence-electron chi connectivity index (χ1n) is 9.45. The van der Waals surface area contributed by atoms with Gasteiger partial charge in [0.05, 0.1) is 18.6 Å². The van der Waals surface area contributed by atoms with Gasteiger partial charge >= 0.3 is 5.97 Å². The normalized spacial score (nSPS) is 14.2. The number of carbonyl (C=O) groups is 1. The summed E-state index contributed by atoms with van der Waals surface area (Å²) in [6, 6.07) is 1.24. The Kier molecular flexibility index (Phi) is 5.75. The van der Waals surface area contributed by atoms with Crippen LogP contribution in [-0.4, -0.2) is 64.5 Å². The molecular formula is C19H20FN5O4S. The molecule has 158 valence electrons. The Morgan fingerprint density at radius 1 is 1.47 bits per heavy atom. The van der Waals surface area contributed by atoms with Gasteiger partial charge in [0.25, 0.3) is 0 Å². The van der Waals surface area contributed by atoms with Crippen LogP contribution in [0.2, 0.25) is 0 Å². The zero-order valence-corrected chi connectivity index (χ0v) is 17.0. The molecule has 9 nitrogen and oxygen atoms in total. The van der Waals surface area contributed by atoms with Crippen LogP contribution < -0.4 is 15.6 Å². The topological polar surface area (TPSA) is 110 Å². The minimum Gasteiger partial charge on any atom is -0.462 e. The number of hydrogen-bond donors (Lipinski definition) is 2. The number of aliphatic hydroxyl groups excluding tert-OH is 1. The lowest BCUT2D eigenvalue weighted by Crippen LogP contribution is -2.59. The number of aromatic nitrogens is 3. The van der Waals surface area contributed by atoms with Crippen molar-refractivity contribution in [2.75, 3.05) is 37.7 Å². The average Bonchev–Trinajstić information content (AvgIpc) is 3.22. The lowest BCUT2D eigenvalue weighted by molar-refractivity contribution is 0.0524. The summed E-state index contributed by atoms with van der Waals surface area (Å²) in [5.41, 5.74) is -0.628. The summed E-state index contributed by atoms with van der Waals surface area (Å²) in [6.07, 6.45) is 2.93. The minimum atomic E-state index is -0.778. The van der Waals surface area contributed by atoms with Crippen molar-refractivity contribution in [2.24, 2.45) is 0 Å². The Bertz CT molecular complexity index is 1130. The maximum Gasteiger partial charge on any atom is 0.343 e. The third-order valence-corrected chi connectivity index (χ3v) is 5.53. The van der Waals surface area contributed by atoms with Gasteiger partial charge in [0.2, 0.25) is 5.43 Å². The van der Waals surface area contributed by atoms with Crippen LogP contribution in [-0.2, 0) is 4.74 Å². The minimum absolute atomic E-state index is 0.0208. The number of thiazole rings is 1. The fourth-order valence-electron chi connectivity index (χ4n) is 3.32. The first-order chi connectivity index (χ1) is 14.5. The number of anilines is 1. The molecule has 1 aliphatic heterocycles. The number of carbonyl (C=O) groups excluding carboxylic acids is 1. The molecule has 0 bridgehead atoms. The molecule has 0 aromatic carbocycles. The van der Waals surface area contributed by atoms with Crippen LogP contribution in [0.5, 0.6) is 0 Å². The molecular weight excluding hydrogens is 413 g/mol. The second-order valence-corrected chi connectivity index (χ2v) is 7.59. The Hall–Kier alpha value is -2.89. The summed E-state index contributed by atoms with van der Waals surface area (Å²) in [5.74, 6) is -1.30. The predicted octanol–water partition coefficient (Wildman–Crippen LogP) is 0.928. The van der Waals surface area contributed by atoms with E-state index < -0.39 is 17.2 Å². The Morgan fingerprint density at radius 3 is 2.93 bits per heavy atom. The number of halogens is 1. The molecule has 1 fully saturated rings. The van der Waals surface area contributed by atoms with Crippen LogP contribution in [0.1, 0.15) is 17.3 Å². The van der Waals surface area contributed by atoms with E-state index in [2.05, 4.69) is 15.3 Å². The molecule has 0 radical (unpaired) electrons. The average molecular weight is 433 g/mol. The van der Waals surface area contributed by atoms with E-state index in [0.717, 1.165) is 6.07 Å². The number of ether oxygens (including phenoxy) is 1. The van der Waals surface area contributed by atoms with Crippen LogP contribution in [0.15, 0.2) is 28.6 Å². The molecule has 11 heteroatoms. The monoisotopic (exact) mass is 433 g/mol. The van der Waals surface area contributed by atoms with E-state index in [0.29, 0.717) is 24.8 Å². The highest BCUT2D eigenvalue weighted by molar-refractivity contribution is 7.12. The van der Waals surface area contributed by atoms with Crippen LogP contribution in [0.4, 0.5) is 10.2 Å². The van der Waals surface area contributed by atoms with Crippen molar-refractivity contribution < 1.29 is 19.0 Å². The van der Waals surface area contributed by atoms with Crippen molar-refractivity contribution in [3.05, 3.63) is 45.4 Å². The summed E-state index contributed by atoms with van der Waals surface area (Å²) in [4.78, 5) is 35.5. The zero-order valence-electron chi connectivity index (χ0n) is 16.2. The van der Waals surface area contributed by atoms with Crippen molar-refractivity contribution in [1.29, 1.82) is 0 Å². The number of nitrogens with one attached hydrogen (secondary N) is 1. The smallest absolute Gasteiger partial charge is 0.343 e. The van der Waals surface area contributed by atoms with Crippen molar-refractivity contribution in [3.8, 4) is 5.13 Å². The number of pyridine rings is 2. The van der Waals surface area contributed by atoms with Crippen LogP contribution in [0, 0.1) is 5.82 Å². The van der Waals surface area contributed by atoms with Gasteiger partial charge < -0.3 is 20.1 Å². The van der Waals surface area contributed by atoms with E-state index in [1.54, 1.807) is 23.4 Å². The van der Waals surface area contributed by atoms with Crippen LogP contribution in [0.3, 0.4) is 0 Å². The number of fused-ring (bicyclic) bond motifs is 1. The molecule has 30 heavy (non-hydrogen) atoms. The SMILES string of the molecule is CCOC(=O)c1cn(-c2nccs2)c2nc(N3CC(NCCO)C3)c(F)cc2c1=O. The van der Waals surface area contributed by atoms with Crippen molar-refractivity contribution >= 4 is 34.2 Å². The van der Waals surface area contributed by atoms with Crippen LogP contribution >= 0.6 is 11.3 Å². The molecule has 2 N–H and O–H groups in total. The third kappa shape index (κ3) is 3.66. The van der Waals surface area contributed by atoms with Gasteiger partial charge in [-0.05, 0) is 13.0 Å². The number of rotatable bonds is 7. The molecule has 3 aromatic rings. The van der Waals surface area contributed by atoms with E-state index >= 15 is 0 Å². The molecule has 1 aliphatic rings. The lowest BCUT2D eigenvalue weighted by atomic mass is 10.1. The highest BCUT2D eigenvalue weighted by Gasteiger charge is 2.30. The summed E-state index contributed by atoms with van der Waals surface area (Å²) in [7, 11) is 0. The lowest BCUT2D eigenvalue weighted by Gasteiger charge is -2.40. The highest BCUT2D eigenvalue weighted by atomic mass is 32.1. The second kappa shape index (κ2) is 8.46. The van der Waals surface area contributed by atoms with E-state index in [-0.39, 0.29) is 41.7 Å².